The summed E-state index contributed by atoms with van der Waals surface area (Å²) >= 11 is 6.78. The number of halogens is 3. The highest BCUT2D eigenvalue weighted by molar-refractivity contribution is 7.93. The minimum Gasteiger partial charge on any atom is -0.385 e. The fourth-order valence-electron chi connectivity index (χ4n) is 3.49. The number of hydrogen-bond donors (Lipinski definition) is 2. The van der Waals surface area contributed by atoms with Crippen LogP contribution in [-0.2, 0) is 26.7 Å². The molecule has 3 N–H and O–H groups in total. The van der Waals surface area contributed by atoms with E-state index in [4.69, 9.17) is 16.7 Å². The summed E-state index contributed by atoms with van der Waals surface area (Å²) in [4.78, 5) is 12.9. The molecule has 3 rings (SSSR count). The molecule has 31 heavy (non-hydrogen) atoms. The van der Waals surface area contributed by atoms with Gasteiger partial charge in [-0.3, -0.25) is 4.79 Å². The summed E-state index contributed by atoms with van der Waals surface area (Å²) in [6.45, 7) is 6.48. The van der Waals surface area contributed by atoms with Crippen molar-refractivity contribution in [2.45, 2.75) is 68.6 Å². The second-order valence-corrected chi connectivity index (χ2v) is 12.1. The number of benzene rings is 1. The molecule has 1 aliphatic rings. The lowest BCUT2D eigenvalue weighted by Gasteiger charge is -2.18. The van der Waals surface area contributed by atoms with E-state index in [1.54, 1.807) is 13.8 Å². The minimum absolute atomic E-state index is 0.00108. The average Bonchev–Trinajstić information content (AvgIpc) is 3.36. The van der Waals surface area contributed by atoms with Gasteiger partial charge in [-0.25, -0.2) is 18.1 Å². The zero-order valence-electron chi connectivity index (χ0n) is 17.7. The van der Waals surface area contributed by atoms with E-state index in [1.807, 2.05) is 0 Å². The lowest BCUT2D eigenvalue weighted by Crippen LogP contribution is -2.17. The summed E-state index contributed by atoms with van der Waals surface area (Å²) < 4.78 is 45.2. The molecular formula is C21H25ClF2N2O3S2. The van der Waals surface area contributed by atoms with E-state index in [1.165, 1.54) is 19.9 Å². The molecule has 1 amide bonds. The van der Waals surface area contributed by atoms with Crippen LogP contribution in [0.2, 0.25) is 5.02 Å². The minimum atomic E-state index is -3.88. The molecular weight excluding hydrogens is 466 g/mol. The van der Waals surface area contributed by atoms with Crippen molar-refractivity contribution in [2.75, 3.05) is 0 Å². The monoisotopic (exact) mass is 490 g/mol. The van der Waals surface area contributed by atoms with Gasteiger partial charge in [0.25, 0.3) is 5.91 Å². The largest absolute Gasteiger partial charge is 0.385 e. The van der Waals surface area contributed by atoms with Crippen LogP contribution in [0.3, 0.4) is 0 Å². The Morgan fingerprint density at radius 3 is 2.48 bits per heavy atom. The number of nitrogens with zero attached hydrogens (tertiary/aromatic N) is 1. The van der Waals surface area contributed by atoms with Crippen LogP contribution < -0.4 is 5.14 Å². The zero-order chi connectivity index (χ0) is 23.3. The molecule has 0 saturated heterocycles. The molecule has 1 atom stereocenters. The van der Waals surface area contributed by atoms with E-state index in [0.717, 1.165) is 24.5 Å². The van der Waals surface area contributed by atoms with Gasteiger partial charge >= 0.3 is 0 Å². The Morgan fingerprint density at radius 1 is 1.39 bits per heavy atom. The van der Waals surface area contributed by atoms with E-state index in [9.17, 15) is 22.9 Å². The first-order valence-corrected chi connectivity index (χ1v) is 12.6. The summed E-state index contributed by atoms with van der Waals surface area (Å²) in [7, 11) is -3.88. The highest BCUT2D eigenvalue weighted by Crippen LogP contribution is 2.45. The normalized spacial score (nSPS) is 16.5. The van der Waals surface area contributed by atoms with Gasteiger partial charge in [0.2, 0.25) is 0 Å². The van der Waals surface area contributed by atoms with Crippen molar-refractivity contribution in [3.05, 3.63) is 50.4 Å². The molecule has 170 valence electrons. The topological polar surface area (TPSA) is 92.8 Å². The number of amides is 1. The molecule has 0 bridgehead atoms. The predicted octanol–water partition coefficient (Wildman–Crippen LogP) is 5.38. The molecule has 0 radical (unpaired) electrons. The molecule has 10 heteroatoms. The van der Waals surface area contributed by atoms with Gasteiger partial charge in [0.1, 0.15) is 5.82 Å². The number of thiophene rings is 1. The summed E-state index contributed by atoms with van der Waals surface area (Å²) in [5, 5.41) is 15.8. The first-order chi connectivity index (χ1) is 14.2. The van der Waals surface area contributed by atoms with E-state index in [2.05, 4.69) is 4.36 Å². The van der Waals surface area contributed by atoms with Crippen molar-refractivity contribution in [1.82, 2.24) is 0 Å². The SMILES string of the molecule is CC(C)c1c(F)c(Cl)cc(C2CC2)c1CC(=O)N=[S@](N)(=O)c1sc(C(C)(C)O)cc1F. The molecule has 5 nitrogen and oxygen atoms in total. The van der Waals surface area contributed by atoms with Crippen LogP contribution in [0.1, 0.15) is 73.9 Å². The predicted molar refractivity (Wildman–Crippen MR) is 119 cm³/mol. The highest BCUT2D eigenvalue weighted by atomic mass is 35.5. The molecule has 0 aliphatic heterocycles. The quantitative estimate of drug-likeness (QED) is 0.569. The van der Waals surface area contributed by atoms with Gasteiger partial charge in [-0.05, 0) is 67.3 Å². The molecule has 2 aromatic rings. The summed E-state index contributed by atoms with van der Waals surface area (Å²) in [5.74, 6) is -2.38. The van der Waals surface area contributed by atoms with Crippen LogP contribution >= 0.6 is 22.9 Å². The van der Waals surface area contributed by atoms with Gasteiger partial charge in [-0.2, -0.15) is 0 Å². The third kappa shape index (κ3) is 5.17. The van der Waals surface area contributed by atoms with Crippen LogP contribution in [0.15, 0.2) is 20.7 Å². The van der Waals surface area contributed by atoms with Crippen molar-refractivity contribution < 1.29 is 22.9 Å². The van der Waals surface area contributed by atoms with Gasteiger partial charge < -0.3 is 5.11 Å². The van der Waals surface area contributed by atoms with E-state index in [0.29, 0.717) is 22.5 Å². The third-order valence-electron chi connectivity index (χ3n) is 5.09. The Morgan fingerprint density at radius 2 is 2.00 bits per heavy atom. The lowest BCUT2D eigenvalue weighted by atomic mass is 9.89. The molecule has 1 fully saturated rings. The summed E-state index contributed by atoms with van der Waals surface area (Å²) in [6.07, 6.45) is 1.50. The van der Waals surface area contributed by atoms with Gasteiger partial charge in [-0.1, -0.05) is 25.4 Å². The van der Waals surface area contributed by atoms with Gasteiger partial charge in [0.05, 0.1) is 17.0 Å². The van der Waals surface area contributed by atoms with Crippen molar-refractivity contribution >= 4 is 38.8 Å². The lowest BCUT2D eigenvalue weighted by molar-refractivity contribution is -0.117. The summed E-state index contributed by atoms with van der Waals surface area (Å²) in [6, 6.07) is 2.57. The average molecular weight is 491 g/mol. The van der Waals surface area contributed by atoms with Crippen molar-refractivity contribution in [1.29, 1.82) is 0 Å². The highest BCUT2D eigenvalue weighted by Gasteiger charge is 2.32. The number of hydrogen-bond acceptors (Lipinski definition) is 4. The maximum atomic E-state index is 14.8. The Hall–Kier alpha value is -1.39. The standard InChI is InChI=1S/C21H25ClF2N2O3S2/c1-10(2)18-13(12(11-5-6-11)7-14(22)19(18)24)8-17(27)26-31(25,29)20-15(23)9-16(30-20)21(3,4)28/h7,9-11,28H,5-6,8H2,1-4H3,(H2,25,26,27,29)/t31-/m0/s1. The maximum absolute atomic E-state index is 14.8. The number of carbonyl (C=O) groups is 1. The van der Waals surface area contributed by atoms with Crippen LogP contribution in [0.5, 0.6) is 0 Å². The molecule has 1 heterocycles. The van der Waals surface area contributed by atoms with Gasteiger partial charge in [-0.15, -0.1) is 15.7 Å². The Bertz CT molecular complexity index is 1160. The smallest absolute Gasteiger partial charge is 0.259 e. The first kappa shape index (κ1) is 24.3. The third-order valence-corrected chi connectivity index (χ3v) is 8.75. The first-order valence-electron chi connectivity index (χ1n) is 9.83. The Labute approximate surface area is 189 Å². The molecule has 0 unspecified atom stereocenters. The summed E-state index contributed by atoms with van der Waals surface area (Å²) in [5.41, 5.74) is 0.226. The van der Waals surface area contributed by atoms with Crippen molar-refractivity contribution in [3.8, 4) is 0 Å². The van der Waals surface area contributed by atoms with Crippen LogP contribution in [0.25, 0.3) is 0 Å². The second-order valence-electron chi connectivity index (χ2n) is 8.62. The number of carbonyl (C=O) groups excluding carboxylic acids is 1. The Balaban J connectivity index is 2.02. The van der Waals surface area contributed by atoms with E-state index < -0.39 is 37.3 Å². The fourth-order valence-corrected chi connectivity index (χ4v) is 6.13. The van der Waals surface area contributed by atoms with E-state index >= 15 is 0 Å². The van der Waals surface area contributed by atoms with Gasteiger partial charge in [0, 0.05) is 4.88 Å². The maximum Gasteiger partial charge on any atom is 0.259 e. The zero-order valence-corrected chi connectivity index (χ0v) is 20.1. The Kier molecular flexibility index (Phi) is 6.66. The molecule has 1 aliphatic carbocycles. The molecule has 1 saturated carbocycles. The van der Waals surface area contributed by atoms with Crippen LogP contribution in [0, 0.1) is 11.6 Å². The number of nitrogens with two attached hydrogens (primary N) is 1. The molecule has 1 aromatic heterocycles. The fraction of sp³-hybridized carbons (Fsp3) is 0.476. The van der Waals surface area contributed by atoms with Crippen molar-refractivity contribution in [3.63, 3.8) is 0 Å². The number of aliphatic hydroxyl groups is 1. The molecule has 0 spiro atoms. The van der Waals surface area contributed by atoms with Crippen molar-refractivity contribution in [2.24, 2.45) is 9.50 Å². The second kappa shape index (κ2) is 8.51. The van der Waals surface area contributed by atoms with Crippen LogP contribution in [0.4, 0.5) is 8.78 Å². The number of rotatable bonds is 6. The van der Waals surface area contributed by atoms with Gasteiger partial charge in [0.15, 0.2) is 19.9 Å². The van der Waals surface area contributed by atoms with Crippen LogP contribution in [-0.4, -0.2) is 15.2 Å². The molecule has 1 aromatic carbocycles. The van der Waals surface area contributed by atoms with E-state index in [-0.39, 0.29) is 28.2 Å².